The molecule has 2 aromatic heterocycles. The molecule has 2 aliphatic rings. The zero-order valence-electron chi connectivity index (χ0n) is 18.5. The Bertz CT molecular complexity index is 1070. The van der Waals surface area contributed by atoms with Crippen molar-refractivity contribution in [1.29, 1.82) is 0 Å². The predicted molar refractivity (Wildman–Crippen MR) is 125 cm³/mol. The van der Waals surface area contributed by atoms with Crippen molar-refractivity contribution in [2.45, 2.75) is 57.5 Å². The van der Waals surface area contributed by atoms with Gasteiger partial charge < -0.3 is 5.32 Å². The van der Waals surface area contributed by atoms with Crippen LogP contribution < -0.4 is 5.32 Å². The summed E-state index contributed by atoms with van der Waals surface area (Å²) >= 11 is 0. The van der Waals surface area contributed by atoms with Crippen molar-refractivity contribution in [3.05, 3.63) is 65.9 Å². The highest BCUT2D eigenvalue weighted by Gasteiger charge is 2.24. The van der Waals surface area contributed by atoms with Crippen molar-refractivity contribution < 1.29 is 4.79 Å². The Morgan fingerprint density at radius 1 is 1.03 bits per heavy atom. The fraction of sp³-hybridized carbons (Fsp3) is 0.462. The summed E-state index contributed by atoms with van der Waals surface area (Å²) in [7, 11) is 0. The molecule has 0 spiro atoms. The van der Waals surface area contributed by atoms with Crippen LogP contribution in [-0.2, 0) is 13.0 Å². The van der Waals surface area contributed by atoms with Gasteiger partial charge in [0.25, 0.3) is 5.91 Å². The second kappa shape index (κ2) is 9.74. The fourth-order valence-electron chi connectivity index (χ4n) is 5.20. The maximum absolute atomic E-state index is 12.8. The molecule has 1 aromatic carbocycles. The molecule has 1 saturated heterocycles. The van der Waals surface area contributed by atoms with Crippen molar-refractivity contribution in [3.63, 3.8) is 0 Å². The first-order valence-corrected chi connectivity index (χ1v) is 11.9. The Balaban J connectivity index is 1.19. The highest BCUT2D eigenvalue weighted by Crippen LogP contribution is 2.25. The molecule has 32 heavy (non-hydrogen) atoms. The smallest absolute Gasteiger partial charge is 0.254 e. The SMILES string of the molecule is O=C(NC1CCCC1)c1cncnc1CC1CCN(Cc2cccc3cccnc23)CC1. The molecule has 0 radical (unpaired) electrons. The Labute approximate surface area is 189 Å². The molecular formula is C26H31N5O. The molecule has 6 nitrogen and oxygen atoms in total. The van der Waals surface area contributed by atoms with Crippen molar-refractivity contribution in [1.82, 2.24) is 25.2 Å². The Morgan fingerprint density at radius 2 is 1.84 bits per heavy atom. The van der Waals surface area contributed by atoms with Gasteiger partial charge in [0.1, 0.15) is 6.33 Å². The topological polar surface area (TPSA) is 71.0 Å². The molecule has 5 rings (SSSR count). The van der Waals surface area contributed by atoms with Crippen LogP contribution in [0.15, 0.2) is 49.1 Å². The molecule has 1 aliphatic heterocycles. The molecule has 1 saturated carbocycles. The van der Waals surface area contributed by atoms with E-state index in [1.807, 2.05) is 12.3 Å². The van der Waals surface area contributed by atoms with Crippen molar-refractivity contribution >= 4 is 16.8 Å². The van der Waals surface area contributed by atoms with Gasteiger partial charge in [-0.15, -0.1) is 0 Å². The number of benzene rings is 1. The molecule has 166 valence electrons. The molecule has 3 heterocycles. The average Bonchev–Trinajstić information content (AvgIpc) is 3.34. The fourth-order valence-corrected chi connectivity index (χ4v) is 5.20. The van der Waals surface area contributed by atoms with Gasteiger partial charge in [-0.1, -0.05) is 37.1 Å². The van der Waals surface area contributed by atoms with Crippen molar-refractivity contribution in [3.8, 4) is 0 Å². The van der Waals surface area contributed by atoms with Gasteiger partial charge in [0, 0.05) is 30.4 Å². The highest BCUT2D eigenvalue weighted by molar-refractivity contribution is 5.95. The minimum atomic E-state index is -0.00612. The van der Waals surface area contributed by atoms with Crippen LogP contribution in [0.2, 0.25) is 0 Å². The summed E-state index contributed by atoms with van der Waals surface area (Å²) in [6.07, 6.45) is 12.8. The van der Waals surface area contributed by atoms with Crippen LogP contribution in [0, 0.1) is 5.92 Å². The molecular weight excluding hydrogens is 398 g/mol. The predicted octanol–water partition coefficient (Wildman–Crippen LogP) is 4.15. The highest BCUT2D eigenvalue weighted by atomic mass is 16.1. The van der Waals surface area contributed by atoms with Crippen LogP contribution in [0.5, 0.6) is 0 Å². The van der Waals surface area contributed by atoms with Crippen LogP contribution in [-0.4, -0.2) is 44.9 Å². The number of amides is 1. The summed E-state index contributed by atoms with van der Waals surface area (Å²) < 4.78 is 0. The molecule has 2 fully saturated rings. The van der Waals surface area contributed by atoms with E-state index in [-0.39, 0.29) is 5.91 Å². The monoisotopic (exact) mass is 429 g/mol. The molecule has 6 heteroatoms. The minimum absolute atomic E-state index is 0.00612. The zero-order chi connectivity index (χ0) is 21.8. The van der Waals surface area contributed by atoms with Crippen molar-refractivity contribution in [2.24, 2.45) is 5.92 Å². The molecule has 1 aliphatic carbocycles. The molecule has 0 unspecified atom stereocenters. The van der Waals surface area contributed by atoms with Gasteiger partial charge in [-0.25, -0.2) is 9.97 Å². The molecule has 0 bridgehead atoms. The first kappa shape index (κ1) is 21.0. The van der Waals surface area contributed by atoms with E-state index in [9.17, 15) is 4.79 Å². The lowest BCUT2D eigenvalue weighted by atomic mass is 9.90. The van der Waals surface area contributed by atoms with Crippen LogP contribution in [0.3, 0.4) is 0 Å². The molecule has 1 N–H and O–H groups in total. The maximum atomic E-state index is 12.8. The summed E-state index contributed by atoms with van der Waals surface area (Å²) in [4.78, 5) is 28.6. The number of rotatable bonds is 6. The van der Waals surface area contributed by atoms with Gasteiger partial charge in [-0.2, -0.15) is 0 Å². The third-order valence-electron chi connectivity index (χ3n) is 7.03. The Kier molecular flexibility index (Phi) is 6.39. The lowest BCUT2D eigenvalue weighted by Gasteiger charge is -2.32. The van der Waals surface area contributed by atoms with E-state index in [4.69, 9.17) is 0 Å². The number of hydrogen-bond donors (Lipinski definition) is 1. The van der Waals surface area contributed by atoms with Crippen LogP contribution in [0.1, 0.15) is 60.1 Å². The summed E-state index contributed by atoms with van der Waals surface area (Å²) in [5.41, 5.74) is 3.95. The number of carbonyl (C=O) groups excluding carboxylic acids is 1. The number of pyridine rings is 1. The van der Waals surface area contributed by atoms with E-state index >= 15 is 0 Å². The second-order valence-corrected chi connectivity index (χ2v) is 9.25. The van der Waals surface area contributed by atoms with E-state index < -0.39 is 0 Å². The molecule has 0 atom stereocenters. The minimum Gasteiger partial charge on any atom is -0.349 e. The largest absolute Gasteiger partial charge is 0.349 e. The van der Waals surface area contributed by atoms with Gasteiger partial charge in [0.2, 0.25) is 0 Å². The number of fused-ring (bicyclic) bond motifs is 1. The summed E-state index contributed by atoms with van der Waals surface area (Å²) in [5, 5.41) is 4.39. The van der Waals surface area contributed by atoms with E-state index in [1.165, 1.54) is 23.8 Å². The quantitative estimate of drug-likeness (QED) is 0.637. The first-order valence-electron chi connectivity index (χ1n) is 11.9. The molecule has 3 aromatic rings. The zero-order valence-corrected chi connectivity index (χ0v) is 18.5. The first-order chi connectivity index (χ1) is 15.8. The third kappa shape index (κ3) is 4.80. The van der Waals surface area contributed by atoms with Crippen molar-refractivity contribution in [2.75, 3.05) is 13.1 Å². The second-order valence-electron chi connectivity index (χ2n) is 9.25. The Hall–Kier alpha value is -2.86. The Morgan fingerprint density at radius 3 is 2.69 bits per heavy atom. The van der Waals surface area contributed by atoms with Gasteiger partial charge in [0.15, 0.2) is 0 Å². The third-order valence-corrected chi connectivity index (χ3v) is 7.03. The van der Waals surface area contributed by atoms with E-state index in [0.717, 1.165) is 62.9 Å². The van der Waals surface area contributed by atoms with Crippen LogP contribution >= 0.6 is 0 Å². The van der Waals surface area contributed by atoms with Gasteiger partial charge in [-0.3, -0.25) is 14.7 Å². The summed E-state index contributed by atoms with van der Waals surface area (Å²) in [6, 6.07) is 10.9. The van der Waals surface area contributed by atoms with Crippen LogP contribution in [0.25, 0.3) is 10.9 Å². The average molecular weight is 430 g/mol. The molecule has 1 amide bonds. The van der Waals surface area contributed by atoms with E-state index in [1.54, 1.807) is 12.5 Å². The van der Waals surface area contributed by atoms with E-state index in [2.05, 4.69) is 49.4 Å². The summed E-state index contributed by atoms with van der Waals surface area (Å²) in [6.45, 7) is 3.05. The number of nitrogens with one attached hydrogen (secondary N) is 1. The van der Waals surface area contributed by atoms with E-state index in [0.29, 0.717) is 17.5 Å². The number of para-hydroxylation sites is 1. The number of likely N-dealkylation sites (tertiary alicyclic amines) is 1. The normalized spacial score (nSPS) is 18.2. The lowest BCUT2D eigenvalue weighted by Crippen LogP contribution is -2.35. The number of hydrogen-bond acceptors (Lipinski definition) is 5. The summed E-state index contributed by atoms with van der Waals surface area (Å²) in [5.74, 6) is 0.540. The standard InChI is InChI=1S/C26H31N5O/c32-26(30-22-8-1-2-9-22)23-16-27-18-29-24(23)15-19-10-13-31(14-11-19)17-21-6-3-5-20-7-4-12-28-25(20)21/h3-7,12,16,18-19,22H,1-2,8-11,13-15,17H2,(H,30,32). The maximum Gasteiger partial charge on any atom is 0.254 e. The number of carbonyl (C=O) groups is 1. The van der Waals surface area contributed by atoms with Crippen LogP contribution in [0.4, 0.5) is 0 Å². The number of piperidine rings is 1. The van der Waals surface area contributed by atoms with Gasteiger partial charge in [-0.05, 0) is 62.7 Å². The van der Waals surface area contributed by atoms with Gasteiger partial charge in [0.05, 0.1) is 16.8 Å². The number of aromatic nitrogens is 3. The van der Waals surface area contributed by atoms with Gasteiger partial charge >= 0.3 is 0 Å². The number of nitrogens with zero attached hydrogens (tertiary/aromatic N) is 4. The lowest BCUT2D eigenvalue weighted by molar-refractivity contribution is 0.0935.